The Morgan fingerprint density at radius 3 is 2.26 bits per heavy atom. The lowest BCUT2D eigenvalue weighted by Crippen LogP contribution is -2.00. The van der Waals surface area contributed by atoms with Crippen LogP contribution in [0.1, 0.15) is 5.56 Å². The van der Waals surface area contributed by atoms with Crippen LogP contribution in [0.15, 0.2) is 42.5 Å². The Morgan fingerprint density at radius 1 is 0.947 bits per heavy atom. The van der Waals surface area contributed by atoms with E-state index in [4.69, 9.17) is 9.47 Å². The van der Waals surface area contributed by atoms with Crippen LogP contribution in [0.3, 0.4) is 0 Å². The van der Waals surface area contributed by atoms with E-state index < -0.39 is 0 Å². The highest BCUT2D eigenvalue weighted by molar-refractivity contribution is 5.46. The molecule has 0 saturated carbocycles. The molecule has 0 aliphatic rings. The molecule has 19 heavy (non-hydrogen) atoms. The number of benzene rings is 2. The van der Waals surface area contributed by atoms with E-state index in [0.717, 1.165) is 11.3 Å². The Labute approximate surface area is 112 Å². The average molecular weight is 261 g/mol. The molecule has 2 aromatic carbocycles. The minimum atomic E-state index is -0.239. The third-order valence-corrected chi connectivity index (χ3v) is 2.79. The molecule has 100 valence electrons. The van der Waals surface area contributed by atoms with Crippen molar-refractivity contribution in [2.75, 3.05) is 19.5 Å². The van der Waals surface area contributed by atoms with Gasteiger partial charge in [-0.25, -0.2) is 4.39 Å². The van der Waals surface area contributed by atoms with Crippen LogP contribution >= 0.6 is 0 Å². The third kappa shape index (κ3) is 3.37. The van der Waals surface area contributed by atoms with E-state index in [-0.39, 0.29) is 5.82 Å². The molecule has 0 saturated heterocycles. The zero-order valence-electron chi connectivity index (χ0n) is 10.9. The van der Waals surface area contributed by atoms with E-state index in [1.807, 2.05) is 18.2 Å². The minimum absolute atomic E-state index is 0.239. The molecule has 0 unspecified atom stereocenters. The van der Waals surface area contributed by atoms with Crippen LogP contribution in [0.4, 0.5) is 10.1 Å². The zero-order chi connectivity index (χ0) is 13.7. The normalized spacial score (nSPS) is 10.1. The van der Waals surface area contributed by atoms with Crippen molar-refractivity contribution in [1.29, 1.82) is 0 Å². The van der Waals surface area contributed by atoms with Crippen LogP contribution in [-0.4, -0.2) is 14.2 Å². The van der Waals surface area contributed by atoms with Gasteiger partial charge in [-0.15, -0.1) is 0 Å². The first-order valence-electron chi connectivity index (χ1n) is 5.93. The summed E-state index contributed by atoms with van der Waals surface area (Å²) in [5.41, 5.74) is 1.93. The van der Waals surface area contributed by atoms with Gasteiger partial charge in [0.05, 0.1) is 14.2 Å². The van der Waals surface area contributed by atoms with Crippen molar-refractivity contribution in [2.45, 2.75) is 6.54 Å². The molecule has 4 heteroatoms. The van der Waals surface area contributed by atoms with Gasteiger partial charge < -0.3 is 14.8 Å². The first-order valence-corrected chi connectivity index (χ1v) is 5.93. The lowest BCUT2D eigenvalue weighted by atomic mass is 10.2. The lowest BCUT2D eigenvalue weighted by molar-refractivity contribution is 0.354. The van der Waals surface area contributed by atoms with Crippen molar-refractivity contribution in [3.05, 3.63) is 53.8 Å². The predicted molar refractivity (Wildman–Crippen MR) is 73.3 cm³/mol. The molecular weight excluding hydrogens is 245 g/mol. The largest absolute Gasteiger partial charge is 0.493 e. The van der Waals surface area contributed by atoms with Gasteiger partial charge in [-0.3, -0.25) is 0 Å². The average Bonchev–Trinajstić information content (AvgIpc) is 2.46. The van der Waals surface area contributed by atoms with Crippen molar-refractivity contribution in [2.24, 2.45) is 0 Å². The summed E-state index contributed by atoms with van der Waals surface area (Å²) in [5.74, 6) is 1.16. The molecule has 1 N–H and O–H groups in total. The number of anilines is 1. The fourth-order valence-electron chi connectivity index (χ4n) is 1.76. The second kappa shape index (κ2) is 6.09. The first-order chi connectivity index (χ1) is 9.22. The van der Waals surface area contributed by atoms with Gasteiger partial charge in [-0.05, 0) is 42.0 Å². The van der Waals surface area contributed by atoms with Gasteiger partial charge >= 0.3 is 0 Å². The van der Waals surface area contributed by atoms with Gasteiger partial charge in [-0.2, -0.15) is 0 Å². The summed E-state index contributed by atoms with van der Waals surface area (Å²) in [6.07, 6.45) is 0. The molecule has 0 aliphatic carbocycles. The van der Waals surface area contributed by atoms with Crippen LogP contribution in [0, 0.1) is 5.82 Å². The number of ether oxygens (including phenoxy) is 2. The summed E-state index contributed by atoms with van der Waals surface area (Å²) in [6.45, 7) is 0.631. The Bertz CT molecular complexity index is 540. The lowest BCUT2D eigenvalue weighted by Gasteiger charge is -2.11. The first kappa shape index (κ1) is 13.2. The maximum Gasteiger partial charge on any atom is 0.161 e. The van der Waals surface area contributed by atoms with Crippen molar-refractivity contribution in [3.63, 3.8) is 0 Å². The molecule has 0 spiro atoms. The van der Waals surface area contributed by atoms with Gasteiger partial charge in [-0.1, -0.05) is 6.07 Å². The maximum atomic E-state index is 12.8. The molecule has 0 aromatic heterocycles. The highest BCUT2D eigenvalue weighted by Gasteiger charge is 2.04. The number of hydrogen-bond acceptors (Lipinski definition) is 3. The van der Waals surface area contributed by atoms with E-state index in [9.17, 15) is 4.39 Å². The van der Waals surface area contributed by atoms with Crippen LogP contribution < -0.4 is 14.8 Å². The van der Waals surface area contributed by atoms with Crippen LogP contribution in [0.5, 0.6) is 11.5 Å². The second-order valence-corrected chi connectivity index (χ2v) is 4.05. The summed E-state index contributed by atoms with van der Waals surface area (Å²) in [6, 6.07) is 12.0. The molecule has 0 radical (unpaired) electrons. The predicted octanol–water partition coefficient (Wildman–Crippen LogP) is 3.46. The minimum Gasteiger partial charge on any atom is -0.493 e. The van der Waals surface area contributed by atoms with E-state index in [0.29, 0.717) is 18.0 Å². The van der Waals surface area contributed by atoms with Gasteiger partial charge in [0.15, 0.2) is 11.5 Å². The quantitative estimate of drug-likeness (QED) is 0.894. The third-order valence-electron chi connectivity index (χ3n) is 2.79. The van der Waals surface area contributed by atoms with Crippen molar-refractivity contribution in [1.82, 2.24) is 0 Å². The molecule has 2 rings (SSSR count). The number of hydrogen-bond donors (Lipinski definition) is 1. The van der Waals surface area contributed by atoms with E-state index in [2.05, 4.69) is 5.32 Å². The summed E-state index contributed by atoms with van der Waals surface area (Å²) >= 11 is 0. The molecule has 0 fully saturated rings. The summed E-state index contributed by atoms with van der Waals surface area (Å²) in [5, 5.41) is 3.21. The number of halogens is 1. The van der Waals surface area contributed by atoms with Crippen LogP contribution in [0.2, 0.25) is 0 Å². The standard InChI is InChI=1S/C15H16FNO2/c1-18-14-8-3-11(9-15(14)19-2)10-17-13-6-4-12(16)5-7-13/h3-9,17H,10H2,1-2H3. The van der Waals surface area contributed by atoms with Gasteiger partial charge in [0.2, 0.25) is 0 Å². The Hall–Kier alpha value is -2.23. The monoisotopic (exact) mass is 261 g/mol. The van der Waals surface area contributed by atoms with Crippen molar-refractivity contribution < 1.29 is 13.9 Å². The maximum absolute atomic E-state index is 12.8. The topological polar surface area (TPSA) is 30.5 Å². The van der Waals surface area contributed by atoms with E-state index in [1.54, 1.807) is 26.4 Å². The van der Waals surface area contributed by atoms with E-state index in [1.165, 1.54) is 12.1 Å². The summed E-state index contributed by atoms with van der Waals surface area (Å²) < 4.78 is 23.2. The highest BCUT2D eigenvalue weighted by Crippen LogP contribution is 2.27. The summed E-state index contributed by atoms with van der Waals surface area (Å²) in [4.78, 5) is 0. The Morgan fingerprint density at radius 2 is 1.63 bits per heavy atom. The molecule has 0 aliphatic heterocycles. The van der Waals surface area contributed by atoms with Crippen LogP contribution in [0.25, 0.3) is 0 Å². The fraction of sp³-hybridized carbons (Fsp3) is 0.200. The Kier molecular flexibility index (Phi) is 4.23. The number of rotatable bonds is 5. The van der Waals surface area contributed by atoms with Crippen LogP contribution in [-0.2, 0) is 6.54 Å². The molecule has 0 amide bonds. The smallest absolute Gasteiger partial charge is 0.161 e. The van der Waals surface area contributed by atoms with Gasteiger partial charge in [0, 0.05) is 12.2 Å². The SMILES string of the molecule is COc1ccc(CNc2ccc(F)cc2)cc1OC. The number of methoxy groups -OCH3 is 2. The second-order valence-electron chi connectivity index (χ2n) is 4.05. The van der Waals surface area contributed by atoms with Crippen molar-refractivity contribution in [3.8, 4) is 11.5 Å². The van der Waals surface area contributed by atoms with Gasteiger partial charge in [0.25, 0.3) is 0 Å². The van der Waals surface area contributed by atoms with Crippen molar-refractivity contribution >= 4 is 5.69 Å². The summed E-state index contributed by atoms with van der Waals surface area (Å²) in [7, 11) is 3.21. The molecule has 3 nitrogen and oxygen atoms in total. The van der Waals surface area contributed by atoms with E-state index >= 15 is 0 Å². The molecular formula is C15H16FNO2. The van der Waals surface area contributed by atoms with Gasteiger partial charge in [0.1, 0.15) is 5.82 Å². The molecule has 0 atom stereocenters. The molecule has 0 bridgehead atoms. The highest BCUT2D eigenvalue weighted by atomic mass is 19.1. The molecule has 0 heterocycles. The molecule has 2 aromatic rings. The Balaban J connectivity index is 2.05. The zero-order valence-corrected chi connectivity index (χ0v) is 10.9. The fourth-order valence-corrected chi connectivity index (χ4v) is 1.76. The number of nitrogens with one attached hydrogen (secondary N) is 1.